The number of benzene rings is 2. The molecule has 0 radical (unpaired) electrons. The molecule has 23 heavy (non-hydrogen) atoms. The van der Waals surface area contributed by atoms with Crippen molar-refractivity contribution in [2.24, 2.45) is 0 Å². The molecule has 0 saturated heterocycles. The summed E-state index contributed by atoms with van der Waals surface area (Å²) in [5, 5.41) is 16.6. The minimum atomic E-state index is -0.456. The molecule has 120 valence electrons. The first-order valence-electron chi connectivity index (χ1n) is 7.30. The number of amides is 1. The lowest BCUT2D eigenvalue weighted by molar-refractivity contribution is -0.384. The average Bonchev–Trinajstić information content (AvgIpc) is 2.54. The average molecular weight is 313 g/mol. The number of nitro groups is 1. The second kappa shape index (κ2) is 7.40. The van der Waals surface area contributed by atoms with Gasteiger partial charge < -0.3 is 10.6 Å². The molecule has 1 amide bonds. The van der Waals surface area contributed by atoms with E-state index in [1.54, 1.807) is 6.07 Å². The molecule has 0 bridgehead atoms. The molecule has 1 atom stereocenters. The van der Waals surface area contributed by atoms with Crippen LogP contribution in [0.5, 0.6) is 0 Å². The number of non-ortho nitro benzene ring substituents is 1. The predicted molar refractivity (Wildman–Crippen MR) is 89.3 cm³/mol. The summed E-state index contributed by atoms with van der Waals surface area (Å²) in [7, 11) is 0. The summed E-state index contributed by atoms with van der Waals surface area (Å²) in [6.45, 7) is 3.79. The minimum absolute atomic E-state index is 0.00355. The second-order valence-electron chi connectivity index (χ2n) is 5.31. The van der Waals surface area contributed by atoms with Gasteiger partial charge in [-0.25, -0.2) is 0 Å². The van der Waals surface area contributed by atoms with E-state index in [0.717, 1.165) is 11.1 Å². The number of carbonyl (C=O) groups excluding carboxylic acids is 1. The summed E-state index contributed by atoms with van der Waals surface area (Å²) in [5.74, 6) is -0.174. The Morgan fingerprint density at radius 2 is 1.91 bits per heavy atom. The molecule has 6 nitrogen and oxygen atoms in total. The van der Waals surface area contributed by atoms with Crippen LogP contribution in [0.25, 0.3) is 0 Å². The highest BCUT2D eigenvalue weighted by molar-refractivity contribution is 5.81. The number of hydrogen-bond acceptors (Lipinski definition) is 4. The number of rotatable bonds is 6. The fraction of sp³-hybridized carbons (Fsp3) is 0.235. The van der Waals surface area contributed by atoms with Gasteiger partial charge in [0.1, 0.15) is 0 Å². The zero-order valence-corrected chi connectivity index (χ0v) is 13.1. The second-order valence-corrected chi connectivity index (χ2v) is 5.31. The van der Waals surface area contributed by atoms with Crippen molar-refractivity contribution in [1.29, 1.82) is 0 Å². The van der Waals surface area contributed by atoms with E-state index in [-0.39, 0.29) is 24.2 Å². The van der Waals surface area contributed by atoms with E-state index >= 15 is 0 Å². The quantitative estimate of drug-likeness (QED) is 0.633. The maximum Gasteiger partial charge on any atom is 0.271 e. The van der Waals surface area contributed by atoms with Gasteiger partial charge in [-0.05, 0) is 25.0 Å². The molecule has 6 heteroatoms. The molecule has 2 N–H and O–H groups in total. The molecule has 0 fully saturated rings. The third-order valence-corrected chi connectivity index (χ3v) is 3.55. The fourth-order valence-electron chi connectivity index (χ4n) is 2.21. The van der Waals surface area contributed by atoms with Crippen LogP contribution in [0.3, 0.4) is 0 Å². The lowest BCUT2D eigenvalue weighted by Crippen LogP contribution is -2.32. The van der Waals surface area contributed by atoms with E-state index in [4.69, 9.17) is 0 Å². The van der Waals surface area contributed by atoms with Gasteiger partial charge in [0, 0.05) is 17.8 Å². The molecular weight excluding hydrogens is 294 g/mol. The number of nitrogens with one attached hydrogen (secondary N) is 2. The van der Waals surface area contributed by atoms with Crippen LogP contribution in [0.2, 0.25) is 0 Å². The molecule has 0 spiro atoms. The summed E-state index contributed by atoms with van der Waals surface area (Å²) in [6.07, 6.45) is 0. The Balaban J connectivity index is 1.94. The number of aryl methyl sites for hydroxylation is 1. The minimum Gasteiger partial charge on any atom is -0.376 e. The first kappa shape index (κ1) is 16.5. The predicted octanol–water partition coefficient (Wildman–Crippen LogP) is 3.19. The van der Waals surface area contributed by atoms with Crippen LogP contribution < -0.4 is 10.6 Å². The van der Waals surface area contributed by atoms with Crippen molar-refractivity contribution in [3.05, 3.63) is 69.8 Å². The maximum atomic E-state index is 12.0. The Bertz CT molecular complexity index is 701. The van der Waals surface area contributed by atoms with Crippen molar-refractivity contribution in [1.82, 2.24) is 5.32 Å². The number of anilines is 1. The monoisotopic (exact) mass is 313 g/mol. The van der Waals surface area contributed by atoms with E-state index in [2.05, 4.69) is 10.6 Å². The molecule has 0 aliphatic heterocycles. The summed E-state index contributed by atoms with van der Waals surface area (Å²) in [4.78, 5) is 22.4. The van der Waals surface area contributed by atoms with Crippen molar-refractivity contribution < 1.29 is 9.72 Å². The largest absolute Gasteiger partial charge is 0.376 e. The van der Waals surface area contributed by atoms with Crippen LogP contribution in [0.4, 0.5) is 11.4 Å². The summed E-state index contributed by atoms with van der Waals surface area (Å²) in [6, 6.07) is 14.1. The Kier molecular flexibility index (Phi) is 5.30. The van der Waals surface area contributed by atoms with Crippen LogP contribution >= 0.6 is 0 Å². The summed E-state index contributed by atoms with van der Waals surface area (Å²) < 4.78 is 0. The molecule has 2 aromatic rings. The highest BCUT2D eigenvalue weighted by atomic mass is 16.6. The molecule has 2 aromatic carbocycles. The van der Waals surface area contributed by atoms with E-state index in [1.165, 1.54) is 12.1 Å². The van der Waals surface area contributed by atoms with E-state index in [0.29, 0.717) is 5.69 Å². The standard InChI is InChI=1S/C17H19N3O3/c1-12-8-9-15(20(22)23)10-16(12)18-11-17(21)19-13(2)14-6-4-3-5-7-14/h3-10,13,18H,11H2,1-2H3,(H,19,21)/t13-/m0/s1. The third-order valence-electron chi connectivity index (χ3n) is 3.55. The third kappa shape index (κ3) is 4.54. The van der Waals surface area contributed by atoms with Crippen molar-refractivity contribution in [3.8, 4) is 0 Å². The van der Waals surface area contributed by atoms with Gasteiger partial charge in [-0.15, -0.1) is 0 Å². The summed E-state index contributed by atoms with van der Waals surface area (Å²) >= 11 is 0. The van der Waals surface area contributed by atoms with E-state index in [9.17, 15) is 14.9 Å². The highest BCUT2D eigenvalue weighted by Gasteiger charge is 2.11. The van der Waals surface area contributed by atoms with E-state index in [1.807, 2.05) is 44.2 Å². The number of hydrogen-bond donors (Lipinski definition) is 2. The molecular formula is C17H19N3O3. The molecule has 0 aromatic heterocycles. The molecule has 0 aliphatic rings. The first-order chi connectivity index (χ1) is 11.0. The Labute approximate surface area is 134 Å². The smallest absolute Gasteiger partial charge is 0.271 e. The Morgan fingerprint density at radius 3 is 2.57 bits per heavy atom. The van der Waals surface area contributed by atoms with Gasteiger partial charge >= 0.3 is 0 Å². The van der Waals surface area contributed by atoms with Gasteiger partial charge in [-0.1, -0.05) is 36.4 Å². The SMILES string of the molecule is Cc1ccc([N+](=O)[O-])cc1NCC(=O)N[C@@H](C)c1ccccc1. The molecule has 0 unspecified atom stereocenters. The van der Waals surface area contributed by atoms with Crippen LogP contribution in [0.1, 0.15) is 24.1 Å². The molecule has 0 heterocycles. The fourth-order valence-corrected chi connectivity index (χ4v) is 2.21. The zero-order valence-electron chi connectivity index (χ0n) is 13.1. The lowest BCUT2D eigenvalue weighted by atomic mass is 10.1. The maximum absolute atomic E-state index is 12.0. The normalized spacial score (nSPS) is 11.6. The van der Waals surface area contributed by atoms with Crippen molar-refractivity contribution in [2.75, 3.05) is 11.9 Å². The Hall–Kier alpha value is -2.89. The van der Waals surface area contributed by atoms with Gasteiger partial charge in [0.2, 0.25) is 5.91 Å². The van der Waals surface area contributed by atoms with Crippen molar-refractivity contribution in [3.63, 3.8) is 0 Å². The van der Waals surface area contributed by atoms with Crippen molar-refractivity contribution >= 4 is 17.3 Å². The number of nitrogens with zero attached hydrogens (tertiary/aromatic N) is 1. The van der Waals surface area contributed by atoms with Crippen LogP contribution in [-0.4, -0.2) is 17.4 Å². The molecule has 0 aliphatic carbocycles. The lowest BCUT2D eigenvalue weighted by Gasteiger charge is -2.15. The topological polar surface area (TPSA) is 84.3 Å². The van der Waals surface area contributed by atoms with Crippen LogP contribution in [0, 0.1) is 17.0 Å². The summed E-state index contributed by atoms with van der Waals surface area (Å²) in [5.41, 5.74) is 2.45. The van der Waals surface area contributed by atoms with E-state index < -0.39 is 4.92 Å². The van der Waals surface area contributed by atoms with Crippen LogP contribution in [0.15, 0.2) is 48.5 Å². The zero-order chi connectivity index (χ0) is 16.8. The van der Waals surface area contributed by atoms with Gasteiger partial charge in [0.15, 0.2) is 0 Å². The van der Waals surface area contributed by atoms with Gasteiger partial charge in [-0.2, -0.15) is 0 Å². The van der Waals surface area contributed by atoms with Crippen LogP contribution in [-0.2, 0) is 4.79 Å². The van der Waals surface area contributed by atoms with Gasteiger partial charge in [0.25, 0.3) is 5.69 Å². The van der Waals surface area contributed by atoms with Crippen molar-refractivity contribution in [2.45, 2.75) is 19.9 Å². The number of nitro benzene ring substituents is 1. The number of carbonyl (C=O) groups is 1. The first-order valence-corrected chi connectivity index (χ1v) is 7.30. The highest BCUT2D eigenvalue weighted by Crippen LogP contribution is 2.21. The van der Waals surface area contributed by atoms with Gasteiger partial charge in [-0.3, -0.25) is 14.9 Å². The molecule has 2 rings (SSSR count). The Morgan fingerprint density at radius 1 is 1.22 bits per heavy atom. The molecule has 0 saturated carbocycles. The van der Waals surface area contributed by atoms with Gasteiger partial charge in [0.05, 0.1) is 17.5 Å².